The molecule has 1 N–H and O–H groups in total. The summed E-state index contributed by atoms with van der Waals surface area (Å²) >= 11 is 0. The molecule has 1 aromatic rings. The van der Waals surface area contributed by atoms with Crippen LogP contribution in [0.15, 0.2) is 6.20 Å². The Morgan fingerprint density at radius 2 is 2.00 bits per heavy atom. The van der Waals surface area contributed by atoms with Gasteiger partial charge in [0, 0.05) is 30.6 Å². The predicted molar refractivity (Wildman–Crippen MR) is 80.6 cm³/mol. The van der Waals surface area contributed by atoms with Crippen LogP contribution in [0.3, 0.4) is 0 Å². The van der Waals surface area contributed by atoms with Crippen LogP contribution in [-0.4, -0.2) is 24.1 Å². The monoisotopic (exact) mass is 277 g/mol. The fourth-order valence-electron chi connectivity index (χ4n) is 3.16. The highest BCUT2D eigenvalue weighted by atomic mass is 16.5. The van der Waals surface area contributed by atoms with Crippen LogP contribution in [0, 0.1) is 12.8 Å². The summed E-state index contributed by atoms with van der Waals surface area (Å²) < 4.78 is 5.72. The zero-order valence-corrected chi connectivity index (χ0v) is 13.1. The van der Waals surface area contributed by atoms with Gasteiger partial charge in [0.15, 0.2) is 5.82 Å². The van der Waals surface area contributed by atoms with E-state index in [-0.39, 0.29) is 12.1 Å². The third-order valence-corrected chi connectivity index (χ3v) is 4.52. The van der Waals surface area contributed by atoms with Crippen molar-refractivity contribution in [3.05, 3.63) is 23.3 Å². The van der Waals surface area contributed by atoms with Gasteiger partial charge < -0.3 is 10.1 Å². The standard InChI is InChI=1S/C16H27N3O/c1-11(17-3)14-10-18-16(19-12(14)2)15(20-4)13-8-6-5-7-9-13/h10-11,13,15,17H,5-9H2,1-4H3. The second-order valence-electron chi connectivity index (χ2n) is 5.83. The normalized spacial score (nSPS) is 19.8. The molecule has 0 radical (unpaired) electrons. The van der Waals surface area contributed by atoms with Gasteiger partial charge >= 0.3 is 0 Å². The van der Waals surface area contributed by atoms with E-state index in [9.17, 15) is 0 Å². The fraction of sp³-hybridized carbons (Fsp3) is 0.750. The average molecular weight is 277 g/mol. The quantitative estimate of drug-likeness (QED) is 0.896. The van der Waals surface area contributed by atoms with Crippen molar-refractivity contribution in [3.63, 3.8) is 0 Å². The van der Waals surface area contributed by atoms with Crippen molar-refractivity contribution < 1.29 is 4.74 Å². The van der Waals surface area contributed by atoms with Crippen molar-refractivity contribution in [1.29, 1.82) is 0 Å². The number of aromatic nitrogens is 2. The molecule has 0 amide bonds. The lowest BCUT2D eigenvalue weighted by Gasteiger charge is -2.28. The van der Waals surface area contributed by atoms with E-state index in [2.05, 4.69) is 24.1 Å². The van der Waals surface area contributed by atoms with E-state index < -0.39 is 0 Å². The number of ether oxygens (including phenoxy) is 1. The summed E-state index contributed by atoms with van der Waals surface area (Å²) in [4.78, 5) is 9.29. The van der Waals surface area contributed by atoms with Crippen LogP contribution in [-0.2, 0) is 4.74 Å². The van der Waals surface area contributed by atoms with Crippen LogP contribution in [0.5, 0.6) is 0 Å². The predicted octanol–water partition coefficient (Wildman–Crippen LogP) is 3.33. The Kier molecular flexibility index (Phi) is 5.49. The van der Waals surface area contributed by atoms with Gasteiger partial charge in [-0.1, -0.05) is 19.3 Å². The second-order valence-corrected chi connectivity index (χ2v) is 5.83. The molecular formula is C16H27N3O. The second kappa shape index (κ2) is 7.14. The first kappa shape index (κ1) is 15.4. The van der Waals surface area contributed by atoms with Crippen LogP contribution in [0.4, 0.5) is 0 Å². The van der Waals surface area contributed by atoms with E-state index in [1.807, 2.05) is 13.2 Å². The Hall–Kier alpha value is -1.00. The van der Waals surface area contributed by atoms with Gasteiger partial charge in [-0.15, -0.1) is 0 Å². The molecule has 0 spiro atoms. The van der Waals surface area contributed by atoms with Gasteiger partial charge in [-0.2, -0.15) is 0 Å². The largest absolute Gasteiger partial charge is 0.373 e. The lowest BCUT2D eigenvalue weighted by molar-refractivity contribution is 0.0287. The molecule has 20 heavy (non-hydrogen) atoms. The lowest BCUT2D eigenvalue weighted by atomic mass is 9.85. The van der Waals surface area contributed by atoms with Crippen molar-refractivity contribution in [3.8, 4) is 0 Å². The molecule has 0 bridgehead atoms. The molecule has 1 aliphatic carbocycles. The number of nitrogens with zero attached hydrogens (tertiary/aromatic N) is 2. The Morgan fingerprint density at radius 1 is 1.30 bits per heavy atom. The molecule has 4 nitrogen and oxygen atoms in total. The van der Waals surface area contributed by atoms with E-state index in [0.717, 1.165) is 17.1 Å². The molecule has 1 fully saturated rings. The van der Waals surface area contributed by atoms with E-state index in [1.54, 1.807) is 7.11 Å². The van der Waals surface area contributed by atoms with Crippen molar-refractivity contribution in [2.75, 3.05) is 14.2 Å². The molecule has 2 rings (SSSR count). The highest BCUT2D eigenvalue weighted by molar-refractivity contribution is 5.20. The van der Waals surface area contributed by atoms with Gasteiger partial charge in [0.1, 0.15) is 6.10 Å². The van der Waals surface area contributed by atoms with Crippen LogP contribution in [0.2, 0.25) is 0 Å². The number of rotatable bonds is 5. The zero-order valence-electron chi connectivity index (χ0n) is 13.1. The highest BCUT2D eigenvalue weighted by Crippen LogP contribution is 2.35. The molecule has 4 heteroatoms. The Bertz CT molecular complexity index is 430. The minimum atomic E-state index is 0.0490. The highest BCUT2D eigenvalue weighted by Gasteiger charge is 2.27. The minimum absolute atomic E-state index is 0.0490. The van der Waals surface area contributed by atoms with Gasteiger partial charge in [-0.05, 0) is 39.7 Å². The Labute approximate surface area is 122 Å². The molecule has 0 aliphatic heterocycles. The summed E-state index contributed by atoms with van der Waals surface area (Å²) in [5.41, 5.74) is 2.21. The lowest BCUT2D eigenvalue weighted by Crippen LogP contribution is -2.22. The van der Waals surface area contributed by atoms with E-state index in [0.29, 0.717) is 5.92 Å². The number of aryl methyl sites for hydroxylation is 1. The summed E-state index contributed by atoms with van der Waals surface area (Å²) in [6.07, 6.45) is 8.43. The third-order valence-electron chi connectivity index (χ3n) is 4.52. The van der Waals surface area contributed by atoms with Gasteiger partial charge in [0.2, 0.25) is 0 Å². The van der Waals surface area contributed by atoms with Crippen LogP contribution in [0.1, 0.15) is 68.3 Å². The number of hydrogen-bond acceptors (Lipinski definition) is 4. The topological polar surface area (TPSA) is 47.0 Å². The maximum Gasteiger partial charge on any atom is 0.157 e. The van der Waals surface area contributed by atoms with Crippen molar-refractivity contribution in [2.45, 2.75) is 58.1 Å². The van der Waals surface area contributed by atoms with Gasteiger partial charge in [0.25, 0.3) is 0 Å². The molecule has 1 aliphatic rings. The summed E-state index contributed by atoms with van der Waals surface area (Å²) in [5, 5.41) is 3.24. The van der Waals surface area contributed by atoms with Crippen LogP contribution in [0.25, 0.3) is 0 Å². The molecule has 1 saturated carbocycles. The summed E-state index contributed by atoms with van der Waals surface area (Å²) in [6.45, 7) is 4.18. The van der Waals surface area contributed by atoms with E-state index in [1.165, 1.54) is 32.1 Å². The summed E-state index contributed by atoms with van der Waals surface area (Å²) in [6, 6.07) is 0.278. The SMILES string of the molecule is CNC(C)c1cnc(C(OC)C2CCCCC2)nc1C. The van der Waals surface area contributed by atoms with Gasteiger partial charge in [0.05, 0.1) is 0 Å². The average Bonchev–Trinajstić information content (AvgIpc) is 2.48. The maximum atomic E-state index is 5.72. The Morgan fingerprint density at radius 3 is 2.55 bits per heavy atom. The molecule has 0 saturated heterocycles. The Balaban J connectivity index is 2.19. The van der Waals surface area contributed by atoms with Crippen molar-refractivity contribution >= 4 is 0 Å². The molecular weight excluding hydrogens is 250 g/mol. The molecule has 2 atom stereocenters. The number of methoxy groups -OCH3 is 1. The molecule has 112 valence electrons. The smallest absolute Gasteiger partial charge is 0.157 e. The third kappa shape index (κ3) is 3.36. The molecule has 1 heterocycles. The van der Waals surface area contributed by atoms with E-state index in [4.69, 9.17) is 9.72 Å². The van der Waals surface area contributed by atoms with E-state index >= 15 is 0 Å². The van der Waals surface area contributed by atoms with Gasteiger partial charge in [-0.3, -0.25) is 0 Å². The van der Waals surface area contributed by atoms with Crippen molar-refractivity contribution in [2.24, 2.45) is 5.92 Å². The van der Waals surface area contributed by atoms with Gasteiger partial charge in [-0.25, -0.2) is 9.97 Å². The molecule has 2 unspecified atom stereocenters. The van der Waals surface area contributed by atoms with Crippen LogP contribution >= 0.6 is 0 Å². The number of nitrogens with one attached hydrogen (secondary N) is 1. The first-order valence-electron chi connectivity index (χ1n) is 7.70. The minimum Gasteiger partial charge on any atom is -0.373 e. The zero-order chi connectivity index (χ0) is 14.5. The molecule has 1 aromatic heterocycles. The first-order chi connectivity index (χ1) is 9.67. The fourth-order valence-corrected chi connectivity index (χ4v) is 3.16. The number of hydrogen-bond donors (Lipinski definition) is 1. The summed E-state index contributed by atoms with van der Waals surface area (Å²) in [7, 11) is 3.74. The molecule has 0 aromatic carbocycles. The van der Waals surface area contributed by atoms with Crippen LogP contribution < -0.4 is 5.32 Å². The summed E-state index contributed by atoms with van der Waals surface area (Å²) in [5.74, 6) is 1.42. The van der Waals surface area contributed by atoms with Crippen molar-refractivity contribution in [1.82, 2.24) is 15.3 Å². The first-order valence-corrected chi connectivity index (χ1v) is 7.70. The maximum absolute atomic E-state index is 5.72.